The van der Waals surface area contributed by atoms with Crippen molar-refractivity contribution in [2.75, 3.05) is 19.6 Å². The van der Waals surface area contributed by atoms with Gasteiger partial charge in [-0.1, -0.05) is 27.7 Å². The van der Waals surface area contributed by atoms with E-state index in [1.807, 2.05) is 0 Å². The smallest absolute Gasteiger partial charge is 0.326 e. The lowest BCUT2D eigenvalue weighted by molar-refractivity contribution is -0.144. The lowest BCUT2D eigenvalue weighted by Crippen LogP contribution is -2.61. The van der Waals surface area contributed by atoms with Gasteiger partial charge in [-0.2, -0.15) is 0 Å². The molecule has 0 aromatic rings. The highest BCUT2D eigenvalue weighted by Crippen LogP contribution is 2.20. The zero-order valence-electron chi connectivity index (χ0n) is 39.0. The van der Waals surface area contributed by atoms with Crippen molar-refractivity contribution in [1.29, 1.82) is 0 Å². The molecule has 380 valence electrons. The minimum absolute atomic E-state index is 0.0362. The summed E-state index contributed by atoms with van der Waals surface area (Å²) in [5, 5.41) is 44.0. The number of aliphatic hydroxyl groups excluding tert-OH is 1. The average Bonchev–Trinajstić information content (AvgIpc) is 3.74. The molecule has 0 radical (unpaired) electrons. The third-order valence-electron chi connectivity index (χ3n) is 10.9. The molecule has 0 aliphatic carbocycles. The SMILES string of the molecule is CC(C)[C@H](N)C(=O)N1CCC[C@H]1C(=O)N[C@@H](CCCN=C(N)N)C(=O)N[C@@H](CCCCN)C(=O)N[C@@H](CCC(=O)O)C(=O)N[C@@H](CCC(N)=O)C(=O)N[C@H](C(=O)N[C@H](C(=O)O)C(C)C)[C@@H](C)O. The van der Waals surface area contributed by atoms with Gasteiger partial charge in [-0.15, -0.1) is 0 Å². The predicted octanol–water partition coefficient (Wildman–Crippen LogP) is -4.70. The second kappa shape index (κ2) is 29.5. The number of nitrogens with one attached hydrogen (secondary N) is 6. The Hall–Kier alpha value is -6.15. The van der Waals surface area contributed by atoms with Crippen LogP contribution in [0.15, 0.2) is 4.99 Å². The summed E-state index contributed by atoms with van der Waals surface area (Å²) in [6, 6.07) is -11.1. The summed E-state index contributed by atoms with van der Waals surface area (Å²) in [7, 11) is 0. The molecule has 0 bridgehead atoms. The molecule has 1 fully saturated rings. The third-order valence-corrected chi connectivity index (χ3v) is 10.9. The van der Waals surface area contributed by atoms with Crippen LogP contribution >= 0.6 is 0 Å². The maximum Gasteiger partial charge on any atom is 0.326 e. The van der Waals surface area contributed by atoms with E-state index < -0.39 is 145 Å². The molecule has 0 unspecified atom stereocenters. The Morgan fingerprint density at radius 1 is 0.642 bits per heavy atom. The number of likely N-dealkylation sites (tertiary alicyclic amines) is 1. The van der Waals surface area contributed by atoms with Crippen molar-refractivity contribution < 1.29 is 63.3 Å². The topological polar surface area (TPSA) is 449 Å². The van der Waals surface area contributed by atoms with Crippen molar-refractivity contribution in [3.8, 4) is 0 Å². The molecule has 67 heavy (non-hydrogen) atoms. The number of rotatable bonds is 31. The third kappa shape index (κ3) is 20.9. The minimum Gasteiger partial charge on any atom is -0.481 e. The van der Waals surface area contributed by atoms with Gasteiger partial charge in [0.2, 0.25) is 47.3 Å². The van der Waals surface area contributed by atoms with Crippen molar-refractivity contribution in [2.24, 2.45) is 45.5 Å². The fourth-order valence-electron chi connectivity index (χ4n) is 6.91. The lowest BCUT2D eigenvalue weighted by Gasteiger charge is -2.30. The molecule has 1 heterocycles. The van der Waals surface area contributed by atoms with Crippen LogP contribution in [0.4, 0.5) is 0 Å². The molecule has 1 aliphatic rings. The number of carboxylic acids is 2. The number of carbonyl (C=O) groups is 10. The number of nitrogens with zero attached hydrogens (tertiary/aromatic N) is 2. The minimum atomic E-state index is -1.76. The molecule has 19 N–H and O–H groups in total. The van der Waals surface area contributed by atoms with E-state index in [0.717, 1.165) is 6.92 Å². The van der Waals surface area contributed by atoms with Gasteiger partial charge in [0.05, 0.1) is 12.1 Å². The largest absolute Gasteiger partial charge is 0.481 e. The molecule has 1 saturated heterocycles. The number of aliphatic hydroxyl groups is 1. The van der Waals surface area contributed by atoms with Crippen LogP contribution in [0, 0.1) is 11.8 Å². The Kier molecular flexibility index (Phi) is 25.9. The van der Waals surface area contributed by atoms with Gasteiger partial charge in [-0.05, 0) is 83.1 Å². The zero-order chi connectivity index (χ0) is 51.1. The Bertz CT molecular complexity index is 1760. The van der Waals surface area contributed by atoms with Gasteiger partial charge in [0.25, 0.3) is 0 Å². The highest BCUT2D eigenvalue weighted by Gasteiger charge is 2.39. The van der Waals surface area contributed by atoms with Crippen LogP contribution in [-0.2, 0) is 47.9 Å². The first kappa shape index (κ1) is 58.9. The molecule has 1 aliphatic heterocycles. The molecule has 0 aromatic carbocycles. The Labute approximate surface area is 389 Å². The molecular formula is C41H73N13O13. The molecule has 8 amide bonds. The Morgan fingerprint density at radius 2 is 1.13 bits per heavy atom. The van der Waals surface area contributed by atoms with Gasteiger partial charge in [-0.25, -0.2) is 4.79 Å². The number of carboxylic acid groups (broad SMARTS) is 2. The van der Waals surface area contributed by atoms with Gasteiger partial charge in [0, 0.05) is 25.9 Å². The highest BCUT2D eigenvalue weighted by atomic mass is 16.4. The Morgan fingerprint density at radius 3 is 1.60 bits per heavy atom. The second-order valence-corrected chi connectivity index (χ2v) is 17.2. The fraction of sp³-hybridized carbons (Fsp3) is 0.732. The van der Waals surface area contributed by atoms with Crippen LogP contribution in [0.2, 0.25) is 0 Å². The normalized spacial score (nSPS) is 17.0. The predicted molar refractivity (Wildman–Crippen MR) is 241 cm³/mol. The first-order valence-corrected chi connectivity index (χ1v) is 22.4. The van der Waals surface area contributed by atoms with E-state index in [1.54, 1.807) is 13.8 Å². The first-order valence-electron chi connectivity index (χ1n) is 22.4. The van der Waals surface area contributed by atoms with Crippen molar-refractivity contribution in [3.63, 3.8) is 0 Å². The van der Waals surface area contributed by atoms with Crippen LogP contribution in [0.1, 0.15) is 105 Å². The van der Waals surface area contributed by atoms with Gasteiger partial charge < -0.3 is 80.8 Å². The van der Waals surface area contributed by atoms with Gasteiger partial charge in [0.1, 0.15) is 42.3 Å². The quantitative estimate of drug-likeness (QED) is 0.0176. The molecule has 26 heteroatoms. The standard InChI is InChI=1S/C41H73N13O13/c1-20(2)30(44)39(65)54-19-9-12-27(54)37(63)51-24(11-8-18-47-41(45)46)34(60)48-23(10-6-7-17-42)33(59)50-26(14-16-29(57)58)35(61)49-25(13-15-28(43)56)36(62)53-32(22(5)55)38(64)52-31(21(3)4)40(66)67/h20-27,30-32,55H,6-19,42,44H2,1-5H3,(H2,43,56)(H,48,60)(H,49,61)(H,50,59)(H,51,63)(H,52,64)(H,53,62)(H,57,58)(H,66,67)(H4,45,46,47)/t22-,23+,24+,25+,26+,27+,30+,31+,32+/m1/s1. The van der Waals surface area contributed by atoms with E-state index >= 15 is 0 Å². The van der Waals surface area contributed by atoms with Crippen LogP contribution in [0.5, 0.6) is 0 Å². The van der Waals surface area contributed by atoms with E-state index in [0.29, 0.717) is 19.3 Å². The fourth-order valence-corrected chi connectivity index (χ4v) is 6.91. The number of guanidine groups is 1. The maximum absolute atomic E-state index is 14.0. The molecule has 0 spiro atoms. The summed E-state index contributed by atoms with van der Waals surface area (Å²) in [6.45, 7) is 8.22. The van der Waals surface area contributed by atoms with Crippen molar-refractivity contribution in [2.45, 2.75) is 160 Å². The number of hydrogen-bond donors (Lipinski definition) is 14. The number of unbranched alkanes of at least 4 members (excludes halogenated alkanes) is 1. The van der Waals surface area contributed by atoms with Crippen molar-refractivity contribution in [1.82, 2.24) is 36.8 Å². The number of carbonyl (C=O) groups excluding carboxylic acids is 8. The van der Waals surface area contributed by atoms with E-state index in [4.69, 9.17) is 28.7 Å². The second-order valence-electron chi connectivity index (χ2n) is 17.2. The maximum atomic E-state index is 14.0. The zero-order valence-corrected chi connectivity index (χ0v) is 39.0. The summed E-state index contributed by atoms with van der Waals surface area (Å²) in [5.41, 5.74) is 28.0. The van der Waals surface area contributed by atoms with E-state index in [9.17, 15) is 63.3 Å². The lowest BCUT2D eigenvalue weighted by atomic mass is 10.0. The average molecular weight is 956 g/mol. The van der Waals surface area contributed by atoms with Crippen LogP contribution in [-0.4, -0.2) is 159 Å². The molecule has 0 saturated carbocycles. The van der Waals surface area contributed by atoms with Crippen LogP contribution in [0.3, 0.4) is 0 Å². The number of nitrogens with two attached hydrogens (primary N) is 5. The van der Waals surface area contributed by atoms with Gasteiger partial charge in [0.15, 0.2) is 5.96 Å². The molecule has 26 nitrogen and oxygen atoms in total. The summed E-state index contributed by atoms with van der Waals surface area (Å²) in [6.07, 6.45) is -2.26. The molecule has 1 rings (SSSR count). The van der Waals surface area contributed by atoms with E-state index in [-0.39, 0.29) is 57.2 Å². The summed E-state index contributed by atoms with van der Waals surface area (Å²) in [4.78, 5) is 136. The van der Waals surface area contributed by atoms with Gasteiger partial charge >= 0.3 is 11.9 Å². The summed E-state index contributed by atoms with van der Waals surface area (Å²) >= 11 is 0. The number of primary amides is 1. The number of aliphatic imine (C=N–C) groups is 1. The molecule has 0 aromatic heterocycles. The number of hydrogen-bond acceptors (Lipinski definition) is 14. The summed E-state index contributed by atoms with van der Waals surface area (Å²) in [5.74, 6) is -10.9. The van der Waals surface area contributed by atoms with E-state index in [1.165, 1.54) is 18.7 Å². The van der Waals surface area contributed by atoms with E-state index in [2.05, 4.69) is 36.9 Å². The molecule has 9 atom stereocenters. The first-order chi connectivity index (χ1) is 31.3. The number of aliphatic carboxylic acids is 2. The van der Waals surface area contributed by atoms with Gasteiger partial charge in [-0.3, -0.25) is 48.1 Å². The molecular weight excluding hydrogens is 883 g/mol. The van der Waals surface area contributed by atoms with Crippen LogP contribution < -0.4 is 60.6 Å². The summed E-state index contributed by atoms with van der Waals surface area (Å²) < 4.78 is 0. The van der Waals surface area contributed by atoms with Crippen molar-refractivity contribution in [3.05, 3.63) is 0 Å². The van der Waals surface area contributed by atoms with Crippen molar-refractivity contribution >= 4 is 65.2 Å². The van der Waals surface area contributed by atoms with Crippen LogP contribution in [0.25, 0.3) is 0 Å². The Balaban J connectivity index is 3.50. The number of amides is 8. The monoisotopic (exact) mass is 956 g/mol. The highest BCUT2D eigenvalue weighted by molar-refractivity contribution is 5.98.